The van der Waals surface area contributed by atoms with Crippen molar-refractivity contribution in [1.82, 2.24) is 14.9 Å². The Hall–Kier alpha value is -2.88. The molecule has 1 saturated heterocycles. The van der Waals surface area contributed by atoms with Crippen LogP contribution in [0.2, 0.25) is 5.02 Å². The molecule has 3 aromatic rings. The van der Waals surface area contributed by atoms with Gasteiger partial charge in [0.2, 0.25) is 5.95 Å². The maximum Gasteiger partial charge on any atom is 0.260 e. The van der Waals surface area contributed by atoms with Crippen LogP contribution in [0.5, 0.6) is 0 Å². The average Bonchev–Trinajstić information content (AvgIpc) is 3.21. The highest BCUT2D eigenvalue weighted by Gasteiger charge is 2.16. The Morgan fingerprint density at radius 3 is 2.65 bits per heavy atom. The number of hydrogen-bond donors (Lipinski definition) is 3. The van der Waals surface area contributed by atoms with Crippen molar-refractivity contribution in [2.24, 2.45) is 5.73 Å². The molecule has 0 saturated carbocycles. The van der Waals surface area contributed by atoms with E-state index >= 15 is 0 Å². The van der Waals surface area contributed by atoms with Gasteiger partial charge >= 0.3 is 0 Å². The van der Waals surface area contributed by atoms with Gasteiger partial charge in [0.05, 0.1) is 11.9 Å². The van der Waals surface area contributed by atoms with Gasteiger partial charge in [0, 0.05) is 37.6 Å². The quantitative estimate of drug-likeness (QED) is 0.517. The first kappa shape index (κ1) is 21.4. The van der Waals surface area contributed by atoms with Gasteiger partial charge in [-0.2, -0.15) is 4.98 Å². The zero-order valence-corrected chi connectivity index (χ0v) is 18.9. The highest BCUT2D eigenvalue weighted by Crippen LogP contribution is 2.30. The van der Waals surface area contributed by atoms with Crippen LogP contribution in [0, 0.1) is 6.92 Å². The fraction of sp³-hybridized carbons (Fsp3) is 0.286. The maximum absolute atomic E-state index is 11.6. The van der Waals surface area contributed by atoms with Crippen LogP contribution in [-0.2, 0) is 0 Å². The van der Waals surface area contributed by atoms with Crippen LogP contribution in [0.3, 0.4) is 0 Å². The van der Waals surface area contributed by atoms with Crippen molar-refractivity contribution in [3.05, 3.63) is 51.3 Å². The van der Waals surface area contributed by atoms with Gasteiger partial charge in [0.25, 0.3) is 5.91 Å². The third-order valence-corrected chi connectivity index (χ3v) is 6.42. The third kappa shape index (κ3) is 4.90. The Labute approximate surface area is 190 Å². The Kier molecular flexibility index (Phi) is 6.26. The molecule has 0 aliphatic carbocycles. The minimum atomic E-state index is -0.503. The summed E-state index contributed by atoms with van der Waals surface area (Å²) >= 11 is 7.52. The van der Waals surface area contributed by atoms with Gasteiger partial charge in [-0.05, 0) is 49.2 Å². The minimum absolute atomic E-state index is 0.342. The highest BCUT2D eigenvalue weighted by atomic mass is 35.5. The van der Waals surface area contributed by atoms with E-state index in [1.165, 1.54) is 23.2 Å². The SMILES string of the molecule is Cc1cc(N2CCN(C)CC2)ccc1Nc1ncc(Cl)c(Nc2ccsc2C(N)=O)n1. The van der Waals surface area contributed by atoms with Crippen LogP contribution in [0.15, 0.2) is 35.8 Å². The monoisotopic (exact) mass is 457 g/mol. The molecule has 8 nitrogen and oxygen atoms in total. The first-order chi connectivity index (χ1) is 14.9. The lowest BCUT2D eigenvalue weighted by molar-refractivity contribution is 0.100. The molecule has 0 spiro atoms. The second kappa shape index (κ2) is 9.09. The van der Waals surface area contributed by atoms with E-state index in [2.05, 4.69) is 56.5 Å². The van der Waals surface area contributed by atoms with Crippen molar-refractivity contribution in [3.63, 3.8) is 0 Å². The normalized spacial score (nSPS) is 14.5. The molecule has 1 amide bonds. The molecule has 1 aliphatic rings. The number of nitrogens with one attached hydrogen (secondary N) is 2. The summed E-state index contributed by atoms with van der Waals surface area (Å²) in [5.74, 6) is 0.294. The zero-order valence-electron chi connectivity index (χ0n) is 17.4. The van der Waals surface area contributed by atoms with Crippen molar-refractivity contribution in [1.29, 1.82) is 0 Å². The van der Waals surface area contributed by atoms with E-state index in [-0.39, 0.29) is 0 Å². The predicted molar refractivity (Wildman–Crippen MR) is 127 cm³/mol. The number of benzene rings is 1. The number of primary amides is 1. The van der Waals surface area contributed by atoms with E-state index in [1.807, 2.05) is 6.07 Å². The van der Waals surface area contributed by atoms with Crippen LogP contribution in [0.25, 0.3) is 0 Å². The molecule has 1 aliphatic heterocycles. The first-order valence-corrected chi connectivity index (χ1v) is 11.1. The van der Waals surface area contributed by atoms with Gasteiger partial charge in [0.1, 0.15) is 9.90 Å². The number of hydrogen-bond acceptors (Lipinski definition) is 8. The van der Waals surface area contributed by atoms with E-state index in [0.29, 0.717) is 27.4 Å². The zero-order chi connectivity index (χ0) is 22.0. The molecule has 4 rings (SSSR count). The molecule has 31 heavy (non-hydrogen) atoms. The lowest BCUT2D eigenvalue weighted by Gasteiger charge is -2.34. The number of rotatable bonds is 6. The minimum Gasteiger partial charge on any atom is -0.369 e. The number of carbonyl (C=O) groups excluding carboxylic acids is 1. The molecule has 162 valence electrons. The summed E-state index contributed by atoms with van der Waals surface area (Å²) in [6.07, 6.45) is 1.52. The highest BCUT2D eigenvalue weighted by molar-refractivity contribution is 7.12. The molecule has 0 atom stereocenters. The summed E-state index contributed by atoms with van der Waals surface area (Å²) < 4.78 is 0. The lowest BCUT2D eigenvalue weighted by atomic mass is 10.1. The molecular formula is C21H24ClN7OS. The number of anilines is 5. The molecule has 1 fully saturated rings. The number of aryl methyl sites for hydroxylation is 1. The van der Waals surface area contributed by atoms with Gasteiger partial charge in [-0.15, -0.1) is 11.3 Å². The van der Waals surface area contributed by atoms with Crippen molar-refractivity contribution < 1.29 is 4.79 Å². The van der Waals surface area contributed by atoms with E-state index in [1.54, 1.807) is 11.4 Å². The van der Waals surface area contributed by atoms with Gasteiger partial charge in [-0.3, -0.25) is 4.79 Å². The number of nitrogens with zero attached hydrogens (tertiary/aromatic N) is 4. The summed E-state index contributed by atoms with van der Waals surface area (Å²) in [5.41, 5.74) is 9.21. The topological polar surface area (TPSA) is 99.4 Å². The molecular weight excluding hydrogens is 434 g/mol. The number of halogens is 1. The average molecular weight is 458 g/mol. The van der Waals surface area contributed by atoms with Gasteiger partial charge in [0.15, 0.2) is 5.82 Å². The van der Waals surface area contributed by atoms with Crippen LogP contribution >= 0.6 is 22.9 Å². The van der Waals surface area contributed by atoms with Crippen LogP contribution in [-0.4, -0.2) is 54.0 Å². The number of aromatic nitrogens is 2. The number of piperazine rings is 1. The van der Waals surface area contributed by atoms with Crippen LogP contribution in [0.4, 0.5) is 28.8 Å². The third-order valence-electron chi connectivity index (χ3n) is 5.21. The predicted octanol–water partition coefficient (Wildman–Crippen LogP) is 3.84. The summed E-state index contributed by atoms with van der Waals surface area (Å²) in [6.45, 7) is 6.23. The molecule has 0 radical (unpaired) electrons. The van der Waals surface area contributed by atoms with E-state index in [9.17, 15) is 4.79 Å². The Bertz CT molecular complexity index is 1100. The van der Waals surface area contributed by atoms with Gasteiger partial charge in [-0.25, -0.2) is 4.98 Å². The van der Waals surface area contributed by atoms with E-state index < -0.39 is 5.91 Å². The number of thiophene rings is 1. The van der Waals surface area contributed by atoms with E-state index in [0.717, 1.165) is 37.4 Å². The molecule has 4 N–H and O–H groups in total. The smallest absolute Gasteiger partial charge is 0.260 e. The van der Waals surface area contributed by atoms with Gasteiger partial charge < -0.3 is 26.2 Å². The number of nitrogens with two attached hydrogens (primary N) is 1. The Morgan fingerprint density at radius 2 is 1.94 bits per heavy atom. The van der Waals surface area contributed by atoms with Gasteiger partial charge in [-0.1, -0.05) is 11.6 Å². The van der Waals surface area contributed by atoms with E-state index in [4.69, 9.17) is 17.3 Å². The number of carbonyl (C=O) groups is 1. The van der Waals surface area contributed by atoms with Crippen molar-refractivity contribution in [3.8, 4) is 0 Å². The Balaban J connectivity index is 1.51. The number of likely N-dealkylation sites (N-methyl/N-ethyl adjacent to an activating group) is 1. The van der Waals surface area contributed by atoms with Crippen molar-refractivity contribution >= 4 is 57.7 Å². The second-order valence-corrected chi connectivity index (χ2v) is 8.78. The summed E-state index contributed by atoms with van der Waals surface area (Å²) in [4.78, 5) is 25.5. The second-order valence-electron chi connectivity index (χ2n) is 7.46. The van der Waals surface area contributed by atoms with Crippen LogP contribution in [0.1, 0.15) is 15.2 Å². The van der Waals surface area contributed by atoms with Crippen molar-refractivity contribution in [2.45, 2.75) is 6.92 Å². The molecule has 10 heteroatoms. The standard InChI is InChI=1S/C21H24ClN7OS/c1-13-11-14(29-8-6-28(2)7-9-29)3-4-16(13)26-21-24-12-15(22)20(27-21)25-17-5-10-31-18(17)19(23)30/h3-5,10-12H,6-9H2,1-2H3,(H2,23,30)(H2,24,25,26,27). The molecule has 2 aromatic heterocycles. The van der Waals surface area contributed by atoms with Crippen LogP contribution < -0.4 is 21.3 Å². The molecule has 0 bridgehead atoms. The summed E-state index contributed by atoms with van der Waals surface area (Å²) in [5, 5.41) is 8.45. The molecule has 0 unspecified atom stereocenters. The Morgan fingerprint density at radius 1 is 1.16 bits per heavy atom. The lowest BCUT2D eigenvalue weighted by Crippen LogP contribution is -2.44. The fourth-order valence-corrected chi connectivity index (χ4v) is 4.25. The summed E-state index contributed by atoms with van der Waals surface area (Å²) in [6, 6.07) is 8.09. The maximum atomic E-state index is 11.6. The summed E-state index contributed by atoms with van der Waals surface area (Å²) in [7, 11) is 2.15. The fourth-order valence-electron chi connectivity index (χ4n) is 3.41. The number of amides is 1. The largest absolute Gasteiger partial charge is 0.369 e. The molecule has 3 heterocycles. The first-order valence-electron chi connectivity index (χ1n) is 9.89. The molecule has 1 aromatic carbocycles. The van der Waals surface area contributed by atoms with Crippen molar-refractivity contribution in [2.75, 3.05) is 48.8 Å².